The van der Waals surface area contributed by atoms with Gasteiger partial charge in [0.05, 0.1) is 15.9 Å². The van der Waals surface area contributed by atoms with Crippen LogP contribution in [0, 0.1) is 5.21 Å². The molecule has 0 aromatic carbocycles. The Bertz CT molecular complexity index is 53.2. The van der Waals surface area contributed by atoms with Crippen molar-refractivity contribution in [1.82, 2.24) is 8.08 Å². The minimum absolute atomic E-state index is 0.0202. The van der Waals surface area contributed by atoms with Crippen molar-refractivity contribution in [2.75, 3.05) is 14.1 Å². The predicted octanol–water partition coefficient (Wildman–Crippen LogP) is -0.706. The largest absolute Gasteiger partial charge is 0.613 e. The zero-order chi connectivity index (χ0) is 6.57. The van der Waals surface area contributed by atoms with Gasteiger partial charge in [0.15, 0.2) is 0 Å². The molecular weight excluding hydrogens is 240 g/mol. The molecule has 0 fully saturated rings. The molecule has 0 aromatic heterocycles. The van der Waals surface area contributed by atoms with Gasteiger partial charge in [-0.1, -0.05) is 0 Å². The summed E-state index contributed by atoms with van der Waals surface area (Å²) in [5.74, 6) is 0. The van der Waals surface area contributed by atoms with Crippen LogP contribution in [0.3, 0.4) is 0 Å². The maximum atomic E-state index is 10.2. The molecule has 0 saturated carbocycles. The molecule has 0 aliphatic rings. The molecule has 0 heterocycles. The molecule has 0 rings (SSSR count). The molecular formula is C2H9IN3OP. The van der Waals surface area contributed by atoms with Crippen molar-refractivity contribution in [1.29, 1.82) is 0 Å². The Morgan fingerprint density at radius 2 is 2.38 bits per heavy atom. The van der Waals surface area contributed by atoms with Crippen molar-refractivity contribution >= 4 is 31.7 Å². The number of hydrogen-bond acceptors (Lipinski definition) is 3. The van der Waals surface area contributed by atoms with E-state index in [1.807, 2.05) is 9.93 Å². The van der Waals surface area contributed by atoms with Crippen LogP contribution in [-0.4, -0.2) is 17.0 Å². The van der Waals surface area contributed by atoms with Crippen LogP contribution < -0.4 is 10.4 Å². The number of rotatable bonds is 3. The highest BCUT2D eigenvalue weighted by atomic mass is 127. The molecule has 6 heteroatoms. The quantitative estimate of drug-likeness (QED) is 0.300. The predicted molar refractivity (Wildman–Crippen MR) is 43.5 cm³/mol. The number of quaternary nitrogens is 1. The molecule has 50 valence electrons. The average molecular weight is 249 g/mol. The summed E-state index contributed by atoms with van der Waals surface area (Å²) < 4.78 is 1.89. The highest BCUT2D eigenvalue weighted by Crippen LogP contribution is 2.11. The maximum Gasteiger partial charge on any atom is 0.0860 e. The van der Waals surface area contributed by atoms with E-state index in [1.165, 1.54) is 7.05 Å². The molecule has 2 atom stereocenters. The van der Waals surface area contributed by atoms with E-state index >= 15 is 0 Å². The summed E-state index contributed by atoms with van der Waals surface area (Å²) in [7, 11) is 3.79. The molecule has 4 nitrogen and oxygen atoms in total. The third-order valence-corrected chi connectivity index (χ3v) is 1.88. The van der Waals surface area contributed by atoms with Gasteiger partial charge in [-0.25, -0.2) is 2.88 Å². The van der Waals surface area contributed by atoms with Crippen LogP contribution in [0.1, 0.15) is 0 Å². The molecule has 0 saturated heterocycles. The fourth-order valence-electron chi connectivity index (χ4n) is 0.156. The van der Waals surface area contributed by atoms with Crippen LogP contribution in [0.2, 0.25) is 0 Å². The Morgan fingerprint density at radius 3 is 2.50 bits per heavy atom. The summed E-state index contributed by atoms with van der Waals surface area (Å²) >= 11 is 2.11. The van der Waals surface area contributed by atoms with Gasteiger partial charge in [-0.2, -0.15) is 0 Å². The van der Waals surface area contributed by atoms with Gasteiger partial charge in [0.25, 0.3) is 0 Å². The summed E-state index contributed by atoms with van der Waals surface area (Å²) in [6, 6.07) is 0. The molecule has 2 unspecified atom stereocenters. The van der Waals surface area contributed by atoms with Crippen molar-refractivity contribution in [3.8, 4) is 0 Å². The smallest absolute Gasteiger partial charge is 0.0860 e. The van der Waals surface area contributed by atoms with E-state index in [1.54, 1.807) is 0 Å². The molecule has 0 bridgehead atoms. The summed E-state index contributed by atoms with van der Waals surface area (Å²) in [5.41, 5.74) is 0. The zero-order valence-electron chi connectivity index (χ0n) is 4.73. The zero-order valence-corrected chi connectivity index (χ0v) is 7.89. The molecule has 8 heavy (non-hydrogen) atoms. The number of hydrogen-bond donors (Lipinski definition) is 2. The van der Waals surface area contributed by atoms with Gasteiger partial charge in [-0.05, 0) is 0 Å². The van der Waals surface area contributed by atoms with Crippen molar-refractivity contribution in [3.05, 3.63) is 5.21 Å². The normalized spacial score (nSPS) is 16.1. The Kier molecular flexibility index (Phi) is 5.44. The highest BCUT2D eigenvalue weighted by molar-refractivity contribution is 14.1. The average Bonchev–Trinajstić information content (AvgIpc) is 1.61. The minimum atomic E-state index is 0.0202. The second-order valence-corrected chi connectivity index (χ2v) is 4.77. The van der Waals surface area contributed by atoms with Gasteiger partial charge in [0.2, 0.25) is 0 Å². The lowest BCUT2D eigenvalue weighted by atomic mass is 11.5. The highest BCUT2D eigenvalue weighted by Gasteiger charge is 1.89. The van der Waals surface area contributed by atoms with Crippen LogP contribution >= 0.6 is 31.7 Å². The second-order valence-electron chi connectivity index (χ2n) is 1.27. The van der Waals surface area contributed by atoms with Crippen LogP contribution in [0.4, 0.5) is 0 Å². The summed E-state index contributed by atoms with van der Waals surface area (Å²) in [6.07, 6.45) is 0. The van der Waals surface area contributed by atoms with E-state index < -0.39 is 0 Å². The summed E-state index contributed by atoms with van der Waals surface area (Å²) in [4.78, 5) is 0. The van der Waals surface area contributed by atoms with Crippen LogP contribution in [-0.2, 0) is 0 Å². The van der Waals surface area contributed by atoms with Gasteiger partial charge < -0.3 is 5.21 Å². The summed E-state index contributed by atoms with van der Waals surface area (Å²) in [5, 5.41) is 12.9. The van der Waals surface area contributed by atoms with Crippen molar-refractivity contribution in [3.63, 3.8) is 0 Å². The standard InChI is InChI=1S/C2H9IN3OP/c1-5(3)8-4-6(2)7/h4,6,8H,1-2H3. The van der Waals surface area contributed by atoms with Crippen molar-refractivity contribution < 1.29 is 5.17 Å². The molecule has 0 spiro atoms. The Hall–Kier alpha value is 1.000. The number of halogens is 1. The molecule has 2 N–H and O–H groups in total. The monoisotopic (exact) mass is 249 g/mol. The second kappa shape index (κ2) is 4.84. The van der Waals surface area contributed by atoms with Gasteiger partial charge in [0, 0.05) is 29.9 Å². The Morgan fingerprint density at radius 1 is 1.88 bits per heavy atom. The van der Waals surface area contributed by atoms with Crippen molar-refractivity contribution in [2.24, 2.45) is 0 Å². The van der Waals surface area contributed by atoms with Crippen LogP contribution in [0.15, 0.2) is 0 Å². The minimum Gasteiger partial charge on any atom is -0.613 e. The fourth-order valence-corrected chi connectivity index (χ4v) is 0.829. The van der Waals surface area contributed by atoms with Gasteiger partial charge in [-0.15, -0.1) is 5.20 Å². The Balaban J connectivity index is 2.93. The first-order valence-electron chi connectivity index (χ1n) is 2.04. The van der Waals surface area contributed by atoms with Crippen LogP contribution in [0.25, 0.3) is 0 Å². The lowest BCUT2D eigenvalue weighted by molar-refractivity contribution is -0.858. The molecule has 0 aliphatic carbocycles. The molecule has 0 aromatic rings. The summed E-state index contributed by atoms with van der Waals surface area (Å²) in [6.45, 7) is 0. The molecule has 0 aliphatic heterocycles. The van der Waals surface area contributed by atoms with E-state index in [4.69, 9.17) is 0 Å². The number of nitrogens with one attached hydrogen (secondary N) is 2. The lowest BCUT2D eigenvalue weighted by Gasteiger charge is -2.17. The van der Waals surface area contributed by atoms with Gasteiger partial charge >= 0.3 is 0 Å². The van der Waals surface area contributed by atoms with Crippen molar-refractivity contribution in [2.45, 2.75) is 0 Å². The number of nitrogens with zero attached hydrogens (tertiary/aromatic N) is 1. The molecule has 0 amide bonds. The lowest BCUT2D eigenvalue weighted by Crippen LogP contribution is -3.09. The van der Waals surface area contributed by atoms with Gasteiger partial charge in [-0.3, -0.25) is 5.17 Å². The topological polar surface area (TPSA) is 42.8 Å². The first-order valence-corrected chi connectivity index (χ1v) is 3.96. The van der Waals surface area contributed by atoms with E-state index in [2.05, 4.69) is 28.1 Å². The van der Waals surface area contributed by atoms with E-state index in [-0.39, 0.29) is 5.17 Å². The SMILES string of the molecule is CN(I)PN[NH+](C)[O-]. The molecule has 0 radical (unpaired) electrons. The third-order valence-electron chi connectivity index (χ3n) is 0.386. The van der Waals surface area contributed by atoms with Crippen LogP contribution in [0.5, 0.6) is 0 Å². The number of hydroxylamine groups is 1. The van der Waals surface area contributed by atoms with E-state index in [0.717, 1.165) is 0 Å². The first kappa shape index (κ1) is 9.00. The fraction of sp³-hybridized carbons (Fsp3) is 1.00. The third kappa shape index (κ3) is 7.00. The first-order chi connectivity index (χ1) is 3.63. The maximum absolute atomic E-state index is 10.2. The van der Waals surface area contributed by atoms with Gasteiger partial charge in [0.1, 0.15) is 0 Å². The van der Waals surface area contributed by atoms with E-state index in [0.29, 0.717) is 8.88 Å². The van der Waals surface area contributed by atoms with E-state index in [9.17, 15) is 5.21 Å². The Labute approximate surface area is 64.5 Å².